The van der Waals surface area contributed by atoms with Crippen molar-refractivity contribution < 1.29 is 9.59 Å². The number of Topliss-reactive ketones (excluding diaryl/α,β-unsaturated/α-hetero) is 1. The number of hydrogen-bond donors (Lipinski definition) is 0. The van der Waals surface area contributed by atoms with Crippen LogP contribution in [0.3, 0.4) is 0 Å². The number of alkyl halides is 1. The first kappa shape index (κ1) is 14.8. The Kier molecular flexibility index (Phi) is 3.91. The van der Waals surface area contributed by atoms with Gasteiger partial charge in [-0.15, -0.1) is 0 Å². The third-order valence-electron chi connectivity index (χ3n) is 4.88. The summed E-state index contributed by atoms with van der Waals surface area (Å²) in [6, 6.07) is 5.59. The average molecular weight is 350 g/mol. The van der Waals surface area contributed by atoms with E-state index in [1.54, 1.807) is 11.0 Å². The molecule has 1 aliphatic carbocycles. The van der Waals surface area contributed by atoms with Crippen molar-refractivity contribution in [1.29, 1.82) is 0 Å². The molecule has 112 valence electrons. The van der Waals surface area contributed by atoms with Crippen LogP contribution in [-0.4, -0.2) is 23.6 Å². The van der Waals surface area contributed by atoms with Crippen LogP contribution < -0.4 is 4.90 Å². The summed E-state index contributed by atoms with van der Waals surface area (Å²) in [4.78, 5) is 26.3. The van der Waals surface area contributed by atoms with Gasteiger partial charge in [0.2, 0.25) is 0 Å². The number of nitrogens with zero attached hydrogens (tertiary/aromatic N) is 1. The molecule has 1 heterocycles. The van der Waals surface area contributed by atoms with E-state index in [1.165, 1.54) is 19.3 Å². The lowest BCUT2D eigenvalue weighted by Gasteiger charge is -2.39. The summed E-state index contributed by atoms with van der Waals surface area (Å²) in [5, 5.41) is 0.888. The highest BCUT2D eigenvalue weighted by atomic mass is 79.9. The minimum Gasteiger partial charge on any atom is -0.304 e. The van der Waals surface area contributed by atoms with Crippen molar-refractivity contribution in [2.45, 2.75) is 39.0 Å². The predicted octanol–water partition coefficient (Wildman–Crippen LogP) is 3.87. The lowest BCUT2D eigenvalue weighted by atomic mass is 9.75. The Hall–Kier alpha value is -1.16. The van der Waals surface area contributed by atoms with E-state index in [0.717, 1.165) is 29.4 Å². The fraction of sp³-hybridized carbons (Fsp3) is 0.529. The Morgan fingerprint density at radius 1 is 1.19 bits per heavy atom. The first-order valence-electron chi connectivity index (χ1n) is 7.60. The number of amides is 1. The van der Waals surface area contributed by atoms with Gasteiger partial charge in [0.1, 0.15) is 0 Å². The molecule has 4 heteroatoms. The molecule has 0 N–H and O–H groups in total. The fourth-order valence-electron chi connectivity index (χ4n) is 3.66. The van der Waals surface area contributed by atoms with E-state index >= 15 is 0 Å². The maximum absolute atomic E-state index is 12.4. The second kappa shape index (κ2) is 5.56. The smallest absolute Gasteiger partial charge is 0.299 e. The number of benzene rings is 1. The van der Waals surface area contributed by atoms with E-state index in [-0.39, 0.29) is 17.1 Å². The van der Waals surface area contributed by atoms with Gasteiger partial charge in [0, 0.05) is 11.9 Å². The Bertz CT molecular complexity index is 590. The highest BCUT2D eigenvalue weighted by molar-refractivity contribution is 9.09. The lowest BCUT2D eigenvalue weighted by molar-refractivity contribution is -0.114. The maximum Gasteiger partial charge on any atom is 0.299 e. The summed E-state index contributed by atoms with van der Waals surface area (Å²) in [6.45, 7) is 2.63. The number of anilines is 1. The average Bonchev–Trinajstić information content (AvgIpc) is 2.75. The molecule has 21 heavy (non-hydrogen) atoms. The number of para-hydroxylation sites is 1. The second-order valence-electron chi connectivity index (χ2n) is 6.39. The zero-order valence-corrected chi connectivity index (χ0v) is 13.9. The zero-order chi connectivity index (χ0) is 15.0. The van der Waals surface area contributed by atoms with E-state index in [2.05, 4.69) is 15.9 Å². The molecule has 3 rings (SSSR count). The third-order valence-corrected chi connectivity index (χ3v) is 6.07. The molecule has 0 atom stereocenters. The number of hydrogen-bond acceptors (Lipinski definition) is 2. The summed E-state index contributed by atoms with van der Waals surface area (Å²) in [6.07, 6.45) is 5.94. The normalized spacial score (nSPS) is 20.8. The van der Waals surface area contributed by atoms with Crippen LogP contribution in [0.5, 0.6) is 0 Å². The fourth-order valence-corrected chi connectivity index (χ4v) is 4.40. The summed E-state index contributed by atoms with van der Waals surface area (Å²) in [7, 11) is 0. The Labute approximate surface area is 133 Å². The molecule has 1 aromatic rings. The van der Waals surface area contributed by atoms with Gasteiger partial charge in [0.15, 0.2) is 0 Å². The van der Waals surface area contributed by atoms with Crippen LogP contribution in [-0.2, 0) is 4.79 Å². The molecular weight excluding hydrogens is 330 g/mol. The number of rotatable bonds is 3. The zero-order valence-electron chi connectivity index (χ0n) is 12.3. The van der Waals surface area contributed by atoms with Crippen LogP contribution in [0.2, 0.25) is 0 Å². The van der Waals surface area contributed by atoms with Gasteiger partial charge in [-0.2, -0.15) is 0 Å². The molecule has 1 saturated carbocycles. The first-order chi connectivity index (χ1) is 10.1. The number of carbonyl (C=O) groups excluding carboxylic acids is 2. The quantitative estimate of drug-likeness (QED) is 0.613. The Morgan fingerprint density at radius 3 is 2.57 bits per heavy atom. The Balaban J connectivity index is 1.96. The van der Waals surface area contributed by atoms with Crippen molar-refractivity contribution in [2.24, 2.45) is 5.41 Å². The summed E-state index contributed by atoms with van der Waals surface area (Å²) in [5.41, 5.74) is 2.52. The van der Waals surface area contributed by atoms with Gasteiger partial charge in [-0.25, -0.2) is 0 Å². The predicted molar refractivity (Wildman–Crippen MR) is 87.2 cm³/mol. The van der Waals surface area contributed by atoms with E-state index in [4.69, 9.17) is 0 Å². The third kappa shape index (κ3) is 2.44. The van der Waals surface area contributed by atoms with E-state index in [9.17, 15) is 9.59 Å². The second-order valence-corrected chi connectivity index (χ2v) is 6.95. The van der Waals surface area contributed by atoms with Crippen LogP contribution in [0.15, 0.2) is 18.2 Å². The molecule has 2 aliphatic rings. The molecule has 1 aromatic carbocycles. The van der Waals surface area contributed by atoms with Crippen molar-refractivity contribution >= 4 is 33.3 Å². The van der Waals surface area contributed by atoms with E-state index < -0.39 is 0 Å². The minimum atomic E-state index is -0.356. The van der Waals surface area contributed by atoms with E-state index in [0.29, 0.717) is 12.1 Å². The van der Waals surface area contributed by atoms with Gasteiger partial charge in [0.25, 0.3) is 11.7 Å². The highest BCUT2D eigenvalue weighted by Gasteiger charge is 2.42. The molecule has 1 amide bonds. The standard InChI is InChI=1S/C17H20BrNO2/c1-12-6-5-7-13-14(12)19(16(21)15(13)20)11-17(10-18)8-3-2-4-9-17/h5-7H,2-4,8-11H2,1H3. The van der Waals surface area contributed by atoms with E-state index in [1.807, 2.05) is 19.1 Å². The molecule has 1 aliphatic heterocycles. The minimum absolute atomic E-state index is 0.109. The van der Waals surface area contributed by atoms with Gasteiger partial charge >= 0.3 is 0 Å². The lowest BCUT2D eigenvalue weighted by Crippen LogP contribution is -2.43. The van der Waals surface area contributed by atoms with Crippen LogP contribution >= 0.6 is 15.9 Å². The highest BCUT2D eigenvalue weighted by Crippen LogP contribution is 2.42. The van der Waals surface area contributed by atoms with Gasteiger partial charge < -0.3 is 4.90 Å². The molecule has 0 saturated heterocycles. The van der Waals surface area contributed by atoms with Crippen molar-refractivity contribution in [3.8, 4) is 0 Å². The maximum atomic E-state index is 12.4. The summed E-state index contributed by atoms with van der Waals surface area (Å²) >= 11 is 3.65. The van der Waals surface area contributed by atoms with Crippen molar-refractivity contribution in [2.75, 3.05) is 16.8 Å². The number of aryl methyl sites for hydroxylation is 1. The number of halogens is 1. The molecule has 0 aromatic heterocycles. The monoisotopic (exact) mass is 349 g/mol. The van der Waals surface area contributed by atoms with Crippen LogP contribution in [0.1, 0.15) is 48.0 Å². The van der Waals surface area contributed by atoms with Crippen LogP contribution in [0, 0.1) is 12.3 Å². The summed E-state index contributed by atoms with van der Waals surface area (Å²) < 4.78 is 0. The number of carbonyl (C=O) groups is 2. The topological polar surface area (TPSA) is 37.4 Å². The van der Waals surface area contributed by atoms with Crippen molar-refractivity contribution in [1.82, 2.24) is 0 Å². The van der Waals surface area contributed by atoms with Crippen molar-refractivity contribution in [3.63, 3.8) is 0 Å². The Morgan fingerprint density at radius 2 is 1.90 bits per heavy atom. The first-order valence-corrected chi connectivity index (χ1v) is 8.72. The largest absolute Gasteiger partial charge is 0.304 e. The molecule has 1 fully saturated rings. The molecule has 0 bridgehead atoms. The van der Waals surface area contributed by atoms with Crippen molar-refractivity contribution in [3.05, 3.63) is 29.3 Å². The van der Waals surface area contributed by atoms with Gasteiger partial charge in [-0.3, -0.25) is 9.59 Å². The molecule has 0 unspecified atom stereocenters. The number of fused-ring (bicyclic) bond motifs is 1. The molecule has 0 spiro atoms. The summed E-state index contributed by atoms with van der Waals surface area (Å²) in [5.74, 6) is -0.709. The van der Waals surface area contributed by atoms with Crippen LogP contribution in [0.25, 0.3) is 0 Å². The van der Waals surface area contributed by atoms with Gasteiger partial charge in [0.05, 0.1) is 11.3 Å². The molecule has 0 radical (unpaired) electrons. The van der Waals surface area contributed by atoms with Crippen LogP contribution in [0.4, 0.5) is 5.69 Å². The van der Waals surface area contributed by atoms with Gasteiger partial charge in [-0.05, 0) is 36.8 Å². The molecule has 3 nitrogen and oxygen atoms in total. The number of ketones is 1. The molecular formula is C17H20BrNO2. The SMILES string of the molecule is Cc1cccc2c1N(CC1(CBr)CCCCC1)C(=O)C2=O. The van der Waals surface area contributed by atoms with Gasteiger partial charge in [-0.1, -0.05) is 47.3 Å².